The number of anilines is 1. The number of carbonyl (C=O) groups excluding carboxylic acids is 2. The van der Waals surface area contributed by atoms with Gasteiger partial charge in [0.1, 0.15) is 11.5 Å². The number of rotatable bonds is 4. The molecule has 3 aromatic carbocycles. The van der Waals surface area contributed by atoms with Crippen LogP contribution >= 0.6 is 0 Å². The lowest BCUT2D eigenvalue weighted by Crippen LogP contribution is -2.30. The molecule has 7 nitrogen and oxygen atoms in total. The minimum atomic E-state index is -0.868. The topological polar surface area (TPSA) is 95.5 Å². The molecular formula is C27H23N3O4. The van der Waals surface area contributed by atoms with E-state index in [9.17, 15) is 14.7 Å². The second-order valence-electron chi connectivity index (χ2n) is 8.32. The third kappa shape index (κ3) is 3.33. The van der Waals surface area contributed by atoms with Crippen LogP contribution in [0.4, 0.5) is 5.95 Å². The lowest BCUT2D eigenvalue weighted by molar-refractivity contribution is -0.132. The number of aromatic nitrogens is 2. The summed E-state index contributed by atoms with van der Waals surface area (Å²) < 4.78 is 5.54. The number of aliphatic hydroxyl groups excluding tert-OH is 1. The van der Waals surface area contributed by atoms with Crippen LogP contribution in [0.1, 0.15) is 28.3 Å². The van der Waals surface area contributed by atoms with E-state index in [0.29, 0.717) is 22.4 Å². The van der Waals surface area contributed by atoms with E-state index in [4.69, 9.17) is 4.74 Å². The van der Waals surface area contributed by atoms with Gasteiger partial charge in [0.15, 0.2) is 0 Å². The molecule has 1 saturated heterocycles. The lowest BCUT2D eigenvalue weighted by Gasteiger charge is -2.23. The van der Waals surface area contributed by atoms with Crippen molar-refractivity contribution in [3.8, 4) is 5.75 Å². The number of amides is 1. The average Bonchev–Trinajstić information content (AvgIpc) is 3.37. The number of fused-ring (bicyclic) bond motifs is 1. The monoisotopic (exact) mass is 453 g/mol. The Labute approximate surface area is 196 Å². The maximum absolute atomic E-state index is 13.4. The summed E-state index contributed by atoms with van der Waals surface area (Å²) in [7, 11) is 1.51. The Morgan fingerprint density at radius 2 is 1.74 bits per heavy atom. The van der Waals surface area contributed by atoms with Crippen LogP contribution in [0, 0.1) is 13.8 Å². The lowest BCUT2D eigenvalue weighted by atomic mass is 9.94. The number of aryl methyl sites for hydroxylation is 2. The van der Waals surface area contributed by atoms with E-state index in [1.807, 2.05) is 74.5 Å². The van der Waals surface area contributed by atoms with Gasteiger partial charge in [-0.1, -0.05) is 48.5 Å². The number of benzene rings is 3. The molecule has 1 aliphatic heterocycles. The van der Waals surface area contributed by atoms with Gasteiger partial charge >= 0.3 is 5.91 Å². The van der Waals surface area contributed by atoms with E-state index in [1.54, 1.807) is 6.07 Å². The van der Waals surface area contributed by atoms with E-state index in [-0.39, 0.29) is 17.3 Å². The van der Waals surface area contributed by atoms with E-state index in [0.717, 1.165) is 16.6 Å². The van der Waals surface area contributed by atoms with Gasteiger partial charge in [-0.2, -0.15) is 0 Å². The summed E-state index contributed by atoms with van der Waals surface area (Å²) in [5.74, 6) is -1.14. The van der Waals surface area contributed by atoms with Crippen LogP contribution in [-0.2, 0) is 9.59 Å². The second-order valence-corrected chi connectivity index (χ2v) is 8.32. The molecule has 1 aromatic heterocycles. The maximum Gasteiger partial charge on any atom is 0.302 e. The van der Waals surface area contributed by atoms with Crippen molar-refractivity contribution in [3.63, 3.8) is 0 Å². The number of carbonyl (C=O) groups is 2. The Morgan fingerprint density at radius 1 is 1.03 bits per heavy atom. The molecule has 1 unspecified atom stereocenters. The molecule has 1 amide bonds. The van der Waals surface area contributed by atoms with Crippen LogP contribution in [0.5, 0.6) is 5.75 Å². The predicted octanol–water partition coefficient (Wildman–Crippen LogP) is 4.81. The van der Waals surface area contributed by atoms with Gasteiger partial charge in [-0.15, -0.1) is 0 Å². The van der Waals surface area contributed by atoms with Gasteiger partial charge in [0.2, 0.25) is 5.95 Å². The van der Waals surface area contributed by atoms with E-state index in [1.165, 1.54) is 12.0 Å². The van der Waals surface area contributed by atoms with Crippen LogP contribution in [-0.4, -0.2) is 33.9 Å². The Balaban J connectivity index is 1.77. The minimum absolute atomic E-state index is 0.0139. The summed E-state index contributed by atoms with van der Waals surface area (Å²) in [4.78, 5) is 35.7. The molecule has 1 atom stereocenters. The van der Waals surface area contributed by atoms with Gasteiger partial charge in [0.25, 0.3) is 5.78 Å². The van der Waals surface area contributed by atoms with Crippen molar-refractivity contribution in [2.24, 2.45) is 0 Å². The van der Waals surface area contributed by atoms with Crippen LogP contribution in [0.15, 0.2) is 72.3 Å². The number of ether oxygens (including phenoxy) is 1. The molecule has 5 rings (SSSR count). The molecule has 4 aromatic rings. The fraction of sp³-hybridized carbons (Fsp3) is 0.148. The highest BCUT2D eigenvalue weighted by Gasteiger charge is 2.48. The summed E-state index contributed by atoms with van der Waals surface area (Å²) in [5.41, 5.74) is 4.13. The number of hydrogen-bond donors (Lipinski definition) is 2. The number of imidazole rings is 1. The first-order valence-electron chi connectivity index (χ1n) is 10.9. The molecule has 0 bridgehead atoms. The molecule has 0 saturated carbocycles. The van der Waals surface area contributed by atoms with Crippen molar-refractivity contribution < 1.29 is 19.4 Å². The molecule has 0 radical (unpaired) electrons. The Hall–Kier alpha value is -4.39. The van der Waals surface area contributed by atoms with Crippen molar-refractivity contribution in [1.82, 2.24) is 9.97 Å². The molecule has 2 N–H and O–H groups in total. The number of aromatic amines is 1. The van der Waals surface area contributed by atoms with Crippen molar-refractivity contribution in [2.75, 3.05) is 12.0 Å². The van der Waals surface area contributed by atoms with Gasteiger partial charge in [-0.3, -0.25) is 14.5 Å². The van der Waals surface area contributed by atoms with Crippen LogP contribution in [0.3, 0.4) is 0 Å². The summed E-state index contributed by atoms with van der Waals surface area (Å²) in [5, 5.41) is 11.5. The van der Waals surface area contributed by atoms with E-state index in [2.05, 4.69) is 9.97 Å². The summed E-state index contributed by atoms with van der Waals surface area (Å²) in [6.07, 6.45) is 0. The van der Waals surface area contributed by atoms with Gasteiger partial charge in [-0.05, 0) is 48.7 Å². The number of nitrogens with one attached hydrogen (secondary N) is 1. The molecule has 1 fully saturated rings. The van der Waals surface area contributed by atoms with Crippen LogP contribution in [0.25, 0.3) is 16.8 Å². The number of para-hydroxylation sites is 2. The number of H-pyrrole nitrogens is 1. The van der Waals surface area contributed by atoms with Crippen LogP contribution in [0.2, 0.25) is 0 Å². The fourth-order valence-corrected chi connectivity index (χ4v) is 4.60. The fourth-order valence-electron chi connectivity index (χ4n) is 4.60. The van der Waals surface area contributed by atoms with Gasteiger partial charge in [-0.25, -0.2) is 4.98 Å². The third-order valence-corrected chi connectivity index (χ3v) is 6.04. The van der Waals surface area contributed by atoms with Crippen molar-refractivity contribution in [1.29, 1.82) is 0 Å². The zero-order chi connectivity index (χ0) is 24.0. The third-order valence-electron chi connectivity index (χ3n) is 6.04. The van der Waals surface area contributed by atoms with E-state index < -0.39 is 17.7 Å². The van der Waals surface area contributed by atoms with Crippen molar-refractivity contribution in [2.45, 2.75) is 19.9 Å². The largest absolute Gasteiger partial charge is 0.507 e. The minimum Gasteiger partial charge on any atom is -0.507 e. The molecule has 170 valence electrons. The number of aliphatic hydroxyl groups is 1. The Morgan fingerprint density at radius 3 is 2.44 bits per heavy atom. The molecule has 7 heteroatoms. The maximum atomic E-state index is 13.4. The highest BCUT2D eigenvalue weighted by atomic mass is 16.5. The Kier molecular flexibility index (Phi) is 5.17. The normalized spacial score (nSPS) is 17.5. The number of nitrogens with zero attached hydrogens (tertiary/aromatic N) is 2. The zero-order valence-corrected chi connectivity index (χ0v) is 19.0. The zero-order valence-electron chi connectivity index (χ0n) is 19.0. The number of Topliss-reactive ketones (excluding diaryl/α,β-unsaturated/α-hetero) is 1. The Bertz CT molecular complexity index is 1440. The van der Waals surface area contributed by atoms with Gasteiger partial charge < -0.3 is 14.8 Å². The first kappa shape index (κ1) is 21.5. The van der Waals surface area contributed by atoms with E-state index >= 15 is 0 Å². The summed E-state index contributed by atoms with van der Waals surface area (Å²) in [6, 6.07) is 19.3. The molecule has 34 heavy (non-hydrogen) atoms. The number of methoxy groups -OCH3 is 1. The molecule has 0 spiro atoms. The van der Waals surface area contributed by atoms with Crippen molar-refractivity contribution >= 4 is 34.4 Å². The molecule has 2 heterocycles. The smallest absolute Gasteiger partial charge is 0.302 e. The first-order valence-corrected chi connectivity index (χ1v) is 10.9. The average molecular weight is 453 g/mol. The highest BCUT2D eigenvalue weighted by molar-refractivity contribution is 6.51. The number of ketones is 1. The van der Waals surface area contributed by atoms with Crippen molar-refractivity contribution in [3.05, 3.63) is 94.6 Å². The molecule has 1 aliphatic rings. The quantitative estimate of drug-likeness (QED) is 0.263. The first-order chi connectivity index (χ1) is 16.4. The SMILES string of the molecule is COc1c(C)cc(C)cc1/C(O)=C1\C(=O)C(=O)N(c2nc3ccccc3[nH]2)C1c1ccccc1. The summed E-state index contributed by atoms with van der Waals surface area (Å²) >= 11 is 0. The predicted molar refractivity (Wildman–Crippen MR) is 130 cm³/mol. The standard InChI is InChI=1S/C27H23N3O4/c1-15-13-16(2)25(34-3)18(14-15)23(31)21-22(17-9-5-4-6-10-17)30(26(33)24(21)32)27-28-19-11-7-8-12-20(19)29-27/h4-14,22,31H,1-3H3,(H,28,29)/b23-21+. The highest BCUT2D eigenvalue weighted by Crippen LogP contribution is 2.43. The van der Waals surface area contributed by atoms with Gasteiger partial charge in [0, 0.05) is 0 Å². The van der Waals surface area contributed by atoms with Crippen LogP contribution < -0.4 is 9.64 Å². The van der Waals surface area contributed by atoms with Gasteiger partial charge in [0.05, 0.1) is 35.3 Å². The second kappa shape index (κ2) is 8.19. The molecular weight excluding hydrogens is 430 g/mol. The number of hydrogen-bond acceptors (Lipinski definition) is 5. The summed E-state index contributed by atoms with van der Waals surface area (Å²) in [6.45, 7) is 3.76. The molecule has 0 aliphatic carbocycles.